The first-order valence-electron chi connectivity index (χ1n) is 9.23. The Labute approximate surface area is 183 Å². The van der Waals surface area contributed by atoms with E-state index in [1.54, 1.807) is 50.6 Å². The third kappa shape index (κ3) is 7.07. The van der Waals surface area contributed by atoms with Gasteiger partial charge in [0.1, 0.15) is 5.75 Å². The van der Waals surface area contributed by atoms with Crippen LogP contribution >= 0.6 is 15.9 Å². The van der Waals surface area contributed by atoms with E-state index in [1.807, 2.05) is 6.92 Å². The number of hydrogen-bond acceptors (Lipinski definition) is 6. The molecular formula is C21H24BrN3O5. The van der Waals surface area contributed by atoms with Crippen LogP contribution in [0.2, 0.25) is 0 Å². The van der Waals surface area contributed by atoms with E-state index in [0.717, 1.165) is 0 Å². The lowest BCUT2D eigenvalue weighted by Gasteiger charge is -2.11. The summed E-state index contributed by atoms with van der Waals surface area (Å²) in [4.78, 5) is 23.9. The maximum Gasteiger partial charge on any atom is 0.240 e. The van der Waals surface area contributed by atoms with Gasteiger partial charge < -0.3 is 19.5 Å². The Morgan fingerprint density at radius 3 is 2.40 bits per heavy atom. The maximum atomic E-state index is 12.0. The highest BCUT2D eigenvalue weighted by Gasteiger charge is 2.11. The average Bonchev–Trinajstić information content (AvgIpc) is 2.73. The number of benzene rings is 2. The molecule has 0 unspecified atom stereocenters. The largest absolute Gasteiger partial charge is 0.497 e. The molecule has 0 radical (unpaired) electrons. The Morgan fingerprint density at radius 1 is 1.07 bits per heavy atom. The number of amides is 2. The van der Waals surface area contributed by atoms with Crippen molar-refractivity contribution in [2.75, 3.05) is 26.1 Å². The molecule has 2 amide bonds. The minimum absolute atomic E-state index is 0.00975. The van der Waals surface area contributed by atoms with Crippen molar-refractivity contribution < 1.29 is 23.8 Å². The monoisotopic (exact) mass is 477 g/mol. The first kappa shape index (κ1) is 23.2. The second-order valence-electron chi connectivity index (χ2n) is 6.04. The van der Waals surface area contributed by atoms with E-state index >= 15 is 0 Å². The van der Waals surface area contributed by atoms with Crippen LogP contribution in [0.5, 0.6) is 17.2 Å². The molecule has 0 saturated heterocycles. The molecule has 2 aromatic carbocycles. The van der Waals surface area contributed by atoms with Crippen molar-refractivity contribution in [3.05, 3.63) is 46.4 Å². The van der Waals surface area contributed by atoms with Crippen molar-refractivity contribution in [1.29, 1.82) is 0 Å². The van der Waals surface area contributed by atoms with Crippen LogP contribution in [0.1, 0.15) is 25.3 Å². The van der Waals surface area contributed by atoms with Crippen molar-refractivity contribution in [2.24, 2.45) is 5.10 Å². The second kappa shape index (κ2) is 11.8. The van der Waals surface area contributed by atoms with Gasteiger partial charge in [-0.1, -0.05) is 0 Å². The average molecular weight is 478 g/mol. The quantitative estimate of drug-likeness (QED) is 0.401. The lowest BCUT2D eigenvalue weighted by Crippen LogP contribution is -2.20. The van der Waals surface area contributed by atoms with Gasteiger partial charge in [0.25, 0.3) is 0 Å². The first-order chi connectivity index (χ1) is 14.5. The van der Waals surface area contributed by atoms with Crippen LogP contribution in [0, 0.1) is 0 Å². The molecule has 0 aliphatic carbocycles. The molecule has 0 fully saturated rings. The van der Waals surface area contributed by atoms with Gasteiger partial charge in [0.05, 0.1) is 31.5 Å². The molecule has 9 heteroatoms. The smallest absolute Gasteiger partial charge is 0.240 e. The van der Waals surface area contributed by atoms with Gasteiger partial charge in [-0.15, -0.1) is 0 Å². The SMILES string of the molecule is CCOc1cc(C=NNC(=O)CCC(=O)Nc2ccc(OC)cc2)cc(Br)c1OC. The molecule has 0 heterocycles. The zero-order valence-electron chi connectivity index (χ0n) is 17.0. The molecule has 8 nitrogen and oxygen atoms in total. The summed E-state index contributed by atoms with van der Waals surface area (Å²) in [6.07, 6.45) is 1.54. The number of carbonyl (C=O) groups excluding carboxylic acids is 2. The number of anilines is 1. The van der Waals surface area contributed by atoms with Crippen molar-refractivity contribution in [3.8, 4) is 17.2 Å². The van der Waals surface area contributed by atoms with Gasteiger partial charge in [-0.3, -0.25) is 9.59 Å². The lowest BCUT2D eigenvalue weighted by molar-refractivity contribution is -0.124. The van der Waals surface area contributed by atoms with Gasteiger partial charge in [0, 0.05) is 18.5 Å². The number of hydrogen-bond donors (Lipinski definition) is 2. The van der Waals surface area contributed by atoms with Crippen molar-refractivity contribution in [1.82, 2.24) is 5.43 Å². The standard InChI is InChI=1S/C21H24BrN3O5/c1-4-30-18-12-14(11-17(22)21(18)29-3)13-23-25-20(27)10-9-19(26)24-15-5-7-16(28-2)8-6-15/h5-8,11-13H,4,9-10H2,1-3H3,(H,24,26)(H,25,27). The fourth-order valence-electron chi connectivity index (χ4n) is 2.48. The van der Waals surface area contributed by atoms with Gasteiger partial charge in [0.15, 0.2) is 11.5 Å². The minimum Gasteiger partial charge on any atom is -0.497 e. The lowest BCUT2D eigenvalue weighted by atomic mass is 10.2. The Balaban J connectivity index is 1.83. The van der Waals surface area contributed by atoms with E-state index in [1.165, 1.54) is 6.21 Å². The highest BCUT2D eigenvalue weighted by molar-refractivity contribution is 9.10. The van der Waals surface area contributed by atoms with Gasteiger partial charge >= 0.3 is 0 Å². The zero-order chi connectivity index (χ0) is 21.9. The predicted octanol–water partition coefficient (Wildman–Crippen LogP) is 3.73. The fourth-order valence-corrected chi connectivity index (χ4v) is 3.10. The predicted molar refractivity (Wildman–Crippen MR) is 118 cm³/mol. The van der Waals surface area contributed by atoms with Crippen LogP contribution < -0.4 is 25.0 Å². The van der Waals surface area contributed by atoms with Crippen molar-refractivity contribution in [2.45, 2.75) is 19.8 Å². The third-order valence-corrected chi connectivity index (χ3v) is 4.48. The molecule has 0 spiro atoms. The summed E-state index contributed by atoms with van der Waals surface area (Å²) in [5, 5.41) is 6.65. The molecule has 160 valence electrons. The number of rotatable bonds is 10. The van der Waals surface area contributed by atoms with Gasteiger partial charge in [-0.2, -0.15) is 5.10 Å². The van der Waals surface area contributed by atoms with Crippen LogP contribution in [0.4, 0.5) is 5.69 Å². The summed E-state index contributed by atoms with van der Waals surface area (Å²) in [5.41, 5.74) is 3.76. The van der Waals surface area contributed by atoms with E-state index in [4.69, 9.17) is 14.2 Å². The first-order valence-corrected chi connectivity index (χ1v) is 10.0. The maximum absolute atomic E-state index is 12.0. The molecule has 0 aliphatic heterocycles. The highest BCUT2D eigenvalue weighted by atomic mass is 79.9. The zero-order valence-corrected chi connectivity index (χ0v) is 18.6. The number of methoxy groups -OCH3 is 2. The van der Waals surface area contributed by atoms with E-state index in [-0.39, 0.29) is 24.7 Å². The molecule has 0 atom stereocenters. The molecule has 2 aromatic rings. The summed E-state index contributed by atoms with van der Waals surface area (Å²) in [7, 11) is 3.13. The van der Waals surface area contributed by atoms with Crippen LogP contribution in [-0.4, -0.2) is 38.9 Å². The number of hydrazone groups is 1. The topological polar surface area (TPSA) is 98.2 Å². The van der Waals surface area contributed by atoms with Gasteiger partial charge in [-0.05, 0) is 64.8 Å². The summed E-state index contributed by atoms with van der Waals surface area (Å²) in [6, 6.07) is 10.5. The summed E-state index contributed by atoms with van der Waals surface area (Å²) in [5.74, 6) is 1.22. The Kier molecular flexibility index (Phi) is 9.14. The second-order valence-corrected chi connectivity index (χ2v) is 6.89. The number of carbonyl (C=O) groups is 2. The van der Waals surface area contributed by atoms with Crippen molar-refractivity contribution in [3.63, 3.8) is 0 Å². The van der Waals surface area contributed by atoms with E-state index in [9.17, 15) is 9.59 Å². The normalized spacial score (nSPS) is 10.5. The molecule has 0 aliphatic rings. The Hall–Kier alpha value is -3.07. The summed E-state index contributed by atoms with van der Waals surface area (Å²) < 4.78 is 16.6. The van der Waals surface area contributed by atoms with E-state index in [0.29, 0.717) is 39.6 Å². The highest BCUT2D eigenvalue weighted by Crippen LogP contribution is 2.36. The molecule has 0 aromatic heterocycles. The number of ether oxygens (including phenoxy) is 3. The van der Waals surface area contributed by atoms with Crippen molar-refractivity contribution >= 4 is 39.6 Å². The molecule has 30 heavy (non-hydrogen) atoms. The molecule has 2 rings (SSSR count). The van der Waals surface area contributed by atoms with Crippen LogP contribution in [-0.2, 0) is 9.59 Å². The Morgan fingerprint density at radius 2 is 1.77 bits per heavy atom. The number of nitrogens with one attached hydrogen (secondary N) is 2. The number of halogens is 1. The molecule has 0 bridgehead atoms. The molecule has 2 N–H and O–H groups in total. The molecular weight excluding hydrogens is 454 g/mol. The summed E-state index contributed by atoms with van der Waals surface area (Å²) >= 11 is 3.42. The van der Waals surface area contributed by atoms with Crippen LogP contribution in [0.25, 0.3) is 0 Å². The van der Waals surface area contributed by atoms with Gasteiger partial charge in [0.2, 0.25) is 11.8 Å². The van der Waals surface area contributed by atoms with Crippen LogP contribution in [0.15, 0.2) is 46.0 Å². The third-order valence-electron chi connectivity index (χ3n) is 3.89. The Bertz CT molecular complexity index is 900. The fraction of sp³-hybridized carbons (Fsp3) is 0.286. The van der Waals surface area contributed by atoms with Gasteiger partial charge in [-0.25, -0.2) is 5.43 Å². The number of nitrogens with zero attached hydrogens (tertiary/aromatic N) is 1. The minimum atomic E-state index is -0.367. The van der Waals surface area contributed by atoms with E-state index < -0.39 is 0 Å². The molecule has 0 saturated carbocycles. The van der Waals surface area contributed by atoms with Crippen LogP contribution in [0.3, 0.4) is 0 Å². The van der Waals surface area contributed by atoms with E-state index in [2.05, 4.69) is 31.8 Å². The summed E-state index contributed by atoms with van der Waals surface area (Å²) in [6.45, 7) is 2.36.